The number of aromatic nitrogens is 2. The molecule has 0 spiro atoms. The first-order valence-electron chi connectivity index (χ1n) is 6.69. The van der Waals surface area contributed by atoms with Crippen molar-refractivity contribution in [1.29, 1.82) is 0 Å². The highest BCUT2D eigenvalue weighted by Gasteiger charge is 2.34. The maximum absolute atomic E-state index is 12.4. The van der Waals surface area contributed by atoms with E-state index in [1.54, 1.807) is 10.7 Å². The first-order chi connectivity index (χ1) is 9.24. The second-order valence-corrected chi connectivity index (χ2v) is 5.23. The van der Waals surface area contributed by atoms with E-state index in [0.717, 1.165) is 31.2 Å². The zero-order chi connectivity index (χ0) is 13.3. The van der Waals surface area contributed by atoms with Gasteiger partial charge >= 0.3 is 0 Å². The Hall–Kier alpha value is -1.88. The molecular weight excluding hydrogens is 240 g/mol. The molecule has 0 saturated heterocycles. The van der Waals surface area contributed by atoms with Crippen LogP contribution in [0.1, 0.15) is 36.0 Å². The number of nitrogens with zero attached hydrogens (tertiary/aromatic N) is 2. The number of nitrogens with one attached hydrogen (secondary N) is 1. The predicted octanol–water partition coefficient (Wildman–Crippen LogP) is 1.34. The van der Waals surface area contributed by atoms with Crippen LogP contribution in [0.3, 0.4) is 0 Å². The number of hydrogen-bond donors (Lipinski definition) is 2. The Balaban J connectivity index is 1.88. The normalized spacial score (nSPS) is 17.7. The largest absolute Gasteiger partial charge is 0.345 e. The number of hydrogen-bond acceptors (Lipinski definition) is 3. The van der Waals surface area contributed by atoms with Gasteiger partial charge in [0.15, 0.2) is 0 Å². The second-order valence-electron chi connectivity index (χ2n) is 5.23. The van der Waals surface area contributed by atoms with Gasteiger partial charge in [-0.2, -0.15) is 5.10 Å². The number of rotatable bonds is 3. The standard InChI is InChI=1S/C14H18N4O/c15-10-14(6-2-3-7-14)17-13(19)11-9-16-18-8-4-1-5-12(11)18/h1,4-5,8-9H,2-3,6-7,10,15H2,(H,17,19). The van der Waals surface area contributed by atoms with Crippen LogP contribution in [-0.2, 0) is 0 Å². The molecule has 0 unspecified atom stereocenters. The van der Waals surface area contributed by atoms with Crippen molar-refractivity contribution in [2.75, 3.05) is 6.54 Å². The first kappa shape index (κ1) is 12.2. The Kier molecular flexibility index (Phi) is 2.98. The summed E-state index contributed by atoms with van der Waals surface area (Å²) < 4.78 is 1.71. The number of carbonyl (C=O) groups excluding carboxylic acids is 1. The monoisotopic (exact) mass is 258 g/mol. The van der Waals surface area contributed by atoms with Crippen LogP contribution in [0, 0.1) is 0 Å². The van der Waals surface area contributed by atoms with Gasteiger partial charge in [-0.1, -0.05) is 18.9 Å². The smallest absolute Gasteiger partial charge is 0.255 e. The molecule has 1 aliphatic carbocycles. The Labute approximate surface area is 111 Å². The molecule has 5 heteroatoms. The van der Waals surface area contributed by atoms with E-state index >= 15 is 0 Å². The van der Waals surface area contributed by atoms with Gasteiger partial charge in [0.1, 0.15) is 0 Å². The molecule has 3 rings (SSSR count). The molecule has 1 fully saturated rings. The molecule has 100 valence electrons. The van der Waals surface area contributed by atoms with Gasteiger partial charge in [-0.05, 0) is 25.0 Å². The van der Waals surface area contributed by atoms with Crippen LogP contribution in [0.15, 0.2) is 30.6 Å². The summed E-state index contributed by atoms with van der Waals surface area (Å²) in [6, 6.07) is 5.69. The molecule has 0 radical (unpaired) electrons. The van der Waals surface area contributed by atoms with Gasteiger partial charge in [-0.15, -0.1) is 0 Å². The maximum atomic E-state index is 12.4. The molecule has 0 bridgehead atoms. The summed E-state index contributed by atoms with van der Waals surface area (Å²) in [4.78, 5) is 12.4. The highest BCUT2D eigenvalue weighted by molar-refractivity contribution is 6.01. The molecule has 0 aromatic carbocycles. The van der Waals surface area contributed by atoms with Crippen LogP contribution in [0.25, 0.3) is 5.52 Å². The summed E-state index contributed by atoms with van der Waals surface area (Å²) in [6.45, 7) is 0.498. The number of nitrogens with two attached hydrogens (primary N) is 1. The van der Waals surface area contributed by atoms with E-state index in [4.69, 9.17) is 5.73 Å². The zero-order valence-corrected chi connectivity index (χ0v) is 10.8. The fourth-order valence-electron chi connectivity index (χ4n) is 2.85. The highest BCUT2D eigenvalue weighted by Crippen LogP contribution is 2.29. The van der Waals surface area contributed by atoms with Crippen LogP contribution in [0.5, 0.6) is 0 Å². The van der Waals surface area contributed by atoms with Gasteiger partial charge in [0.05, 0.1) is 22.8 Å². The number of carbonyl (C=O) groups is 1. The molecule has 2 aromatic heterocycles. The highest BCUT2D eigenvalue weighted by atomic mass is 16.1. The Morgan fingerprint density at radius 3 is 2.95 bits per heavy atom. The van der Waals surface area contributed by atoms with E-state index in [0.29, 0.717) is 12.1 Å². The lowest BCUT2D eigenvalue weighted by Gasteiger charge is -2.28. The molecule has 0 atom stereocenters. The van der Waals surface area contributed by atoms with Crippen molar-refractivity contribution in [2.24, 2.45) is 5.73 Å². The third-order valence-electron chi connectivity index (χ3n) is 4.00. The van der Waals surface area contributed by atoms with Crippen molar-refractivity contribution in [3.63, 3.8) is 0 Å². The summed E-state index contributed by atoms with van der Waals surface area (Å²) in [5.41, 5.74) is 7.06. The molecule has 1 saturated carbocycles. The molecule has 3 N–H and O–H groups in total. The van der Waals surface area contributed by atoms with Crippen molar-refractivity contribution in [1.82, 2.24) is 14.9 Å². The van der Waals surface area contributed by atoms with Crippen molar-refractivity contribution in [3.05, 3.63) is 36.2 Å². The summed E-state index contributed by atoms with van der Waals surface area (Å²) >= 11 is 0. The maximum Gasteiger partial charge on any atom is 0.255 e. The van der Waals surface area contributed by atoms with Crippen LogP contribution in [0.2, 0.25) is 0 Å². The van der Waals surface area contributed by atoms with Crippen LogP contribution in [0.4, 0.5) is 0 Å². The van der Waals surface area contributed by atoms with Crippen molar-refractivity contribution in [2.45, 2.75) is 31.2 Å². The van der Waals surface area contributed by atoms with Crippen molar-refractivity contribution < 1.29 is 4.79 Å². The number of pyridine rings is 1. The Bertz CT molecular complexity index is 598. The minimum atomic E-state index is -0.222. The van der Waals surface area contributed by atoms with Gasteiger partial charge < -0.3 is 11.1 Å². The lowest BCUT2D eigenvalue weighted by molar-refractivity contribution is 0.0905. The van der Waals surface area contributed by atoms with Gasteiger partial charge in [0, 0.05) is 12.7 Å². The van der Waals surface area contributed by atoms with Crippen LogP contribution in [-0.4, -0.2) is 27.6 Å². The predicted molar refractivity (Wildman–Crippen MR) is 72.9 cm³/mol. The molecule has 5 nitrogen and oxygen atoms in total. The van der Waals surface area contributed by atoms with Gasteiger partial charge in [0.25, 0.3) is 5.91 Å². The fourth-order valence-corrected chi connectivity index (χ4v) is 2.85. The van der Waals surface area contributed by atoms with Gasteiger partial charge in [-0.25, -0.2) is 4.52 Å². The summed E-state index contributed by atoms with van der Waals surface area (Å²) in [7, 11) is 0. The van der Waals surface area contributed by atoms with E-state index < -0.39 is 0 Å². The number of amides is 1. The fraction of sp³-hybridized carbons (Fsp3) is 0.429. The molecule has 19 heavy (non-hydrogen) atoms. The first-order valence-corrected chi connectivity index (χ1v) is 6.69. The van der Waals surface area contributed by atoms with E-state index in [2.05, 4.69) is 10.4 Å². The molecule has 2 aromatic rings. The lowest BCUT2D eigenvalue weighted by atomic mass is 9.97. The minimum Gasteiger partial charge on any atom is -0.345 e. The topological polar surface area (TPSA) is 72.4 Å². The quantitative estimate of drug-likeness (QED) is 0.872. The molecular formula is C14H18N4O. The zero-order valence-electron chi connectivity index (χ0n) is 10.8. The summed E-state index contributed by atoms with van der Waals surface area (Å²) in [5, 5.41) is 7.31. The van der Waals surface area contributed by atoms with Crippen molar-refractivity contribution >= 4 is 11.4 Å². The van der Waals surface area contributed by atoms with Gasteiger partial charge in [0.2, 0.25) is 0 Å². The van der Waals surface area contributed by atoms with E-state index in [1.807, 2.05) is 24.4 Å². The number of fused-ring (bicyclic) bond motifs is 1. The van der Waals surface area contributed by atoms with E-state index in [1.165, 1.54) is 0 Å². The average molecular weight is 258 g/mol. The summed E-state index contributed by atoms with van der Waals surface area (Å²) in [6.07, 6.45) is 7.64. The van der Waals surface area contributed by atoms with Crippen molar-refractivity contribution in [3.8, 4) is 0 Å². The van der Waals surface area contributed by atoms with Crippen LogP contribution < -0.4 is 11.1 Å². The van der Waals surface area contributed by atoms with E-state index in [9.17, 15) is 4.79 Å². The average Bonchev–Trinajstić information content (AvgIpc) is 3.05. The lowest BCUT2D eigenvalue weighted by Crippen LogP contribution is -2.51. The van der Waals surface area contributed by atoms with Crippen LogP contribution >= 0.6 is 0 Å². The second kappa shape index (κ2) is 4.66. The third-order valence-corrected chi connectivity index (χ3v) is 4.00. The van der Waals surface area contributed by atoms with Gasteiger partial charge in [-0.3, -0.25) is 4.79 Å². The Morgan fingerprint density at radius 2 is 2.21 bits per heavy atom. The van der Waals surface area contributed by atoms with E-state index in [-0.39, 0.29) is 11.4 Å². The molecule has 1 amide bonds. The minimum absolute atomic E-state index is 0.0754. The third kappa shape index (κ3) is 2.10. The Morgan fingerprint density at radius 1 is 1.42 bits per heavy atom. The summed E-state index contributed by atoms with van der Waals surface area (Å²) in [5.74, 6) is -0.0754. The SMILES string of the molecule is NCC1(NC(=O)c2cnn3ccccc23)CCCC1. The molecule has 2 heterocycles. The molecule has 0 aliphatic heterocycles. The molecule has 1 aliphatic rings.